The van der Waals surface area contributed by atoms with Gasteiger partial charge in [0.15, 0.2) is 0 Å². The van der Waals surface area contributed by atoms with Crippen molar-refractivity contribution < 1.29 is 9.15 Å². The van der Waals surface area contributed by atoms with Crippen LogP contribution in [0.15, 0.2) is 16.5 Å². The van der Waals surface area contributed by atoms with E-state index in [2.05, 4.69) is 18.5 Å². The molecule has 1 aromatic heterocycles. The summed E-state index contributed by atoms with van der Waals surface area (Å²) in [5.41, 5.74) is 0. The van der Waals surface area contributed by atoms with Crippen molar-refractivity contribution in [3.63, 3.8) is 0 Å². The molecular weight excluding hydrogens is 210 g/mol. The van der Waals surface area contributed by atoms with E-state index >= 15 is 0 Å². The zero-order chi connectivity index (χ0) is 11.1. The highest BCUT2D eigenvalue weighted by molar-refractivity contribution is 7.97. The number of nitrogens with one attached hydrogen (secondary N) is 1. The van der Waals surface area contributed by atoms with Crippen LogP contribution >= 0.6 is 11.8 Å². The van der Waals surface area contributed by atoms with Crippen LogP contribution in [0.2, 0.25) is 0 Å². The van der Waals surface area contributed by atoms with Crippen molar-refractivity contribution in [2.45, 2.75) is 25.3 Å². The van der Waals surface area contributed by atoms with E-state index < -0.39 is 0 Å². The molecule has 0 saturated heterocycles. The number of hydrogen-bond acceptors (Lipinski definition) is 4. The Morgan fingerprint density at radius 3 is 2.87 bits per heavy atom. The molecule has 0 aliphatic rings. The van der Waals surface area contributed by atoms with E-state index in [4.69, 9.17) is 9.15 Å². The summed E-state index contributed by atoms with van der Waals surface area (Å²) in [5.74, 6) is 2.97. The first-order valence-corrected chi connectivity index (χ1v) is 6.44. The average molecular weight is 229 g/mol. The van der Waals surface area contributed by atoms with Crippen molar-refractivity contribution in [1.29, 1.82) is 0 Å². The normalized spacial score (nSPS) is 13.0. The Bertz CT molecular complexity index is 275. The second kappa shape index (κ2) is 6.93. The van der Waals surface area contributed by atoms with Crippen LogP contribution in [0.3, 0.4) is 0 Å². The molecule has 0 saturated carbocycles. The Hall–Kier alpha value is -0.450. The maximum absolute atomic E-state index is 5.63. The van der Waals surface area contributed by atoms with Gasteiger partial charge < -0.3 is 14.5 Å². The highest BCUT2D eigenvalue weighted by Crippen LogP contribution is 2.13. The Balaban J connectivity index is 2.30. The van der Waals surface area contributed by atoms with Gasteiger partial charge in [-0.3, -0.25) is 0 Å². The van der Waals surface area contributed by atoms with Crippen LogP contribution in [0.4, 0.5) is 0 Å². The Morgan fingerprint density at radius 2 is 2.20 bits per heavy atom. The lowest BCUT2D eigenvalue weighted by atomic mass is 10.3. The van der Waals surface area contributed by atoms with Crippen LogP contribution in [0.5, 0.6) is 0 Å². The molecular formula is C11H19NO2S. The van der Waals surface area contributed by atoms with Crippen molar-refractivity contribution in [3.8, 4) is 0 Å². The van der Waals surface area contributed by atoms with Crippen LogP contribution in [0, 0.1) is 0 Å². The molecule has 1 unspecified atom stereocenters. The quantitative estimate of drug-likeness (QED) is 0.778. The molecule has 1 rings (SSSR count). The topological polar surface area (TPSA) is 34.4 Å². The van der Waals surface area contributed by atoms with Gasteiger partial charge in [0.25, 0.3) is 0 Å². The third-order valence-corrected chi connectivity index (χ3v) is 2.62. The minimum atomic E-state index is 0.351. The third-order valence-electron chi connectivity index (χ3n) is 2.05. The highest BCUT2D eigenvalue weighted by atomic mass is 32.2. The van der Waals surface area contributed by atoms with E-state index in [1.807, 2.05) is 12.1 Å². The van der Waals surface area contributed by atoms with Crippen molar-refractivity contribution in [2.75, 3.05) is 20.0 Å². The van der Waals surface area contributed by atoms with Crippen molar-refractivity contribution in [3.05, 3.63) is 23.7 Å². The summed E-state index contributed by atoms with van der Waals surface area (Å²) < 4.78 is 10.7. The van der Waals surface area contributed by atoms with Gasteiger partial charge in [-0.2, -0.15) is 11.8 Å². The molecule has 1 N–H and O–H groups in total. The molecule has 3 nitrogen and oxygen atoms in total. The second-order valence-corrected chi connectivity index (χ2v) is 4.40. The number of furan rings is 1. The minimum Gasteiger partial charge on any atom is -0.464 e. The van der Waals surface area contributed by atoms with Gasteiger partial charge >= 0.3 is 0 Å². The van der Waals surface area contributed by atoms with Gasteiger partial charge in [-0.1, -0.05) is 0 Å². The lowest BCUT2D eigenvalue weighted by molar-refractivity contribution is 0.170. The first kappa shape index (κ1) is 12.6. The number of hydrogen-bond donors (Lipinski definition) is 1. The van der Waals surface area contributed by atoms with Gasteiger partial charge in [-0.05, 0) is 25.3 Å². The average Bonchev–Trinajstić information content (AvgIpc) is 2.64. The van der Waals surface area contributed by atoms with Crippen molar-refractivity contribution in [1.82, 2.24) is 5.32 Å². The van der Waals surface area contributed by atoms with Crippen LogP contribution in [-0.4, -0.2) is 26.0 Å². The van der Waals surface area contributed by atoms with Crippen molar-refractivity contribution in [2.24, 2.45) is 0 Å². The van der Waals surface area contributed by atoms with Crippen molar-refractivity contribution >= 4 is 11.8 Å². The van der Waals surface area contributed by atoms with Gasteiger partial charge in [0.2, 0.25) is 0 Å². The number of thioether (sulfide) groups is 1. The second-order valence-electron chi connectivity index (χ2n) is 3.54. The zero-order valence-electron chi connectivity index (χ0n) is 9.58. The lowest BCUT2D eigenvalue weighted by Crippen LogP contribution is -2.29. The lowest BCUT2D eigenvalue weighted by Gasteiger charge is -2.10. The van der Waals surface area contributed by atoms with Gasteiger partial charge in [0.1, 0.15) is 11.5 Å². The van der Waals surface area contributed by atoms with Gasteiger partial charge in [0.05, 0.1) is 18.9 Å². The number of methoxy groups -OCH3 is 1. The molecule has 15 heavy (non-hydrogen) atoms. The fraction of sp³-hybridized carbons (Fsp3) is 0.636. The number of ether oxygens (including phenoxy) is 1. The van der Waals surface area contributed by atoms with Crippen LogP contribution in [0.1, 0.15) is 18.4 Å². The summed E-state index contributed by atoms with van der Waals surface area (Å²) >= 11 is 1.77. The summed E-state index contributed by atoms with van der Waals surface area (Å²) in [6.07, 6.45) is 2.07. The Labute approximate surface area is 95.6 Å². The van der Waals surface area contributed by atoms with Gasteiger partial charge in [-0.15, -0.1) is 0 Å². The molecule has 86 valence electrons. The van der Waals surface area contributed by atoms with Crippen LogP contribution in [-0.2, 0) is 17.0 Å². The maximum Gasteiger partial charge on any atom is 0.118 e. The predicted molar refractivity (Wildman–Crippen MR) is 64.1 cm³/mol. The largest absolute Gasteiger partial charge is 0.464 e. The number of rotatable bonds is 7. The smallest absolute Gasteiger partial charge is 0.118 e. The van der Waals surface area contributed by atoms with Crippen LogP contribution in [0.25, 0.3) is 0 Å². The van der Waals surface area contributed by atoms with E-state index in [0.29, 0.717) is 6.04 Å². The highest BCUT2D eigenvalue weighted by Gasteiger charge is 2.04. The molecule has 1 atom stereocenters. The molecule has 0 fully saturated rings. The molecule has 1 aromatic rings. The molecule has 4 heteroatoms. The van der Waals surface area contributed by atoms with E-state index in [1.165, 1.54) is 0 Å². The summed E-state index contributed by atoms with van der Waals surface area (Å²) in [7, 11) is 1.71. The first-order chi connectivity index (χ1) is 7.26. The maximum atomic E-state index is 5.63. The van der Waals surface area contributed by atoms with Gasteiger partial charge in [-0.25, -0.2) is 0 Å². The van der Waals surface area contributed by atoms with Gasteiger partial charge in [0, 0.05) is 13.2 Å². The van der Waals surface area contributed by atoms with E-state index in [1.54, 1.807) is 18.9 Å². The first-order valence-electron chi connectivity index (χ1n) is 5.05. The molecule has 0 radical (unpaired) electrons. The van der Waals surface area contributed by atoms with E-state index in [0.717, 1.165) is 30.4 Å². The minimum absolute atomic E-state index is 0.351. The Kier molecular flexibility index (Phi) is 5.83. The standard InChI is InChI=1S/C11H19NO2S/c1-9(7-13-2)12-6-10-4-5-11(14-10)8-15-3/h4-5,9,12H,6-8H2,1-3H3. The zero-order valence-corrected chi connectivity index (χ0v) is 10.4. The van der Waals surface area contributed by atoms with E-state index in [9.17, 15) is 0 Å². The molecule has 0 bridgehead atoms. The fourth-order valence-electron chi connectivity index (χ4n) is 1.32. The molecule has 1 heterocycles. The third kappa shape index (κ3) is 4.73. The monoisotopic (exact) mass is 229 g/mol. The molecule has 0 spiro atoms. The predicted octanol–water partition coefficient (Wildman–Crippen LogP) is 2.27. The fourth-order valence-corrected chi connectivity index (χ4v) is 1.76. The Morgan fingerprint density at radius 1 is 1.47 bits per heavy atom. The van der Waals surface area contributed by atoms with E-state index in [-0.39, 0.29) is 0 Å². The summed E-state index contributed by atoms with van der Waals surface area (Å²) in [6, 6.07) is 4.41. The summed E-state index contributed by atoms with van der Waals surface area (Å²) in [5, 5.41) is 3.33. The summed E-state index contributed by atoms with van der Waals surface area (Å²) in [4.78, 5) is 0. The molecule has 0 aromatic carbocycles. The summed E-state index contributed by atoms with van der Waals surface area (Å²) in [6.45, 7) is 3.58. The molecule has 0 amide bonds. The van der Waals surface area contributed by atoms with Crippen LogP contribution < -0.4 is 5.32 Å². The molecule has 0 aliphatic carbocycles. The molecule has 0 aliphatic heterocycles. The SMILES string of the molecule is COCC(C)NCc1ccc(CSC)o1.